The molecule has 0 N–H and O–H groups in total. The summed E-state index contributed by atoms with van der Waals surface area (Å²) in [5, 5.41) is 0. The highest BCUT2D eigenvalue weighted by Gasteiger charge is 2.13. The number of hydrogen-bond acceptors (Lipinski definition) is 3. The minimum Gasteiger partial charge on any atom is -0.495 e. The van der Waals surface area contributed by atoms with Crippen molar-refractivity contribution in [2.75, 3.05) is 7.11 Å². The fraction of sp³-hybridized carbons (Fsp3) is 0.111. The van der Waals surface area contributed by atoms with Crippen LogP contribution in [0.4, 0.5) is 0 Å². The molecule has 3 rings (SSSR count). The molecule has 3 aromatic rings. The zero-order valence-corrected chi connectivity index (χ0v) is 15.4. The molecule has 2 aromatic carbocycles. The quantitative estimate of drug-likeness (QED) is 0.606. The average Bonchev–Trinajstić information content (AvgIpc) is 2.93. The molecule has 1 aromatic heterocycles. The predicted octanol–water partition coefficient (Wildman–Crippen LogP) is 4.40. The molecule has 1 heterocycles. The molecule has 0 radical (unpaired) electrons. The number of hydrogen-bond donors (Lipinski definition) is 0. The summed E-state index contributed by atoms with van der Waals surface area (Å²) < 4.78 is 9.14. The Labute approximate surface area is 151 Å². The number of halogens is 1. The summed E-state index contributed by atoms with van der Waals surface area (Å²) in [7, 11) is 1.63. The van der Waals surface area contributed by atoms with Gasteiger partial charge >= 0.3 is 0 Å². The zero-order chi connectivity index (χ0) is 17.1. The SMILES string of the molecule is C=CCn1c(=NC(=O)c2ccccc2Br)sc2cccc(OC)c21. The van der Waals surface area contributed by atoms with Gasteiger partial charge in [-0.15, -0.1) is 6.58 Å². The fourth-order valence-electron chi connectivity index (χ4n) is 2.43. The number of nitrogens with zero attached hydrogens (tertiary/aromatic N) is 2. The van der Waals surface area contributed by atoms with Gasteiger partial charge in [-0.05, 0) is 40.2 Å². The topological polar surface area (TPSA) is 43.6 Å². The first-order valence-corrected chi connectivity index (χ1v) is 8.87. The minimum atomic E-state index is -0.286. The van der Waals surface area contributed by atoms with Gasteiger partial charge in [0.15, 0.2) is 4.80 Å². The molecule has 1 amide bonds. The normalized spacial score (nSPS) is 11.7. The van der Waals surface area contributed by atoms with Crippen LogP contribution in [0.25, 0.3) is 10.2 Å². The lowest BCUT2D eigenvalue weighted by molar-refractivity contribution is 0.0997. The Morgan fingerprint density at radius 1 is 1.33 bits per heavy atom. The van der Waals surface area contributed by atoms with E-state index in [1.807, 2.05) is 41.0 Å². The third-order valence-corrected chi connectivity index (χ3v) is 5.23. The molecule has 24 heavy (non-hydrogen) atoms. The van der Waals surface area contributed by atoms with Gasteiger partial charge in [0.1, 0.15) is 11.3 Å². The molecule has 0 aliphatic carbocycles. The van der Waals surface area contributed by atoms with Crippen molar-refractivity contribution in [3.05, 3.63) is 70.0 Å². The molecule has 0 saturated heterocycles. The van der Waals surface area contributed by atoms with E-state index in [0.717, 1.165) is 20.4 Å². The second-order valence-electron chi connectivity index (χ2n) is 4.99. The maximum absolute atomic E-state index is 12.6. The van der Waals surface area contributed by atoms with Crippen molar-refractivity contribution in [1.82, 2.24) is 4.57 Å². The number of carbonyl (C=O) groups excluding carboxylic acids is 1. The summed E-state index contributed by atoms with van der Waals surface area (Å²) in [5.41, 5.74) is 1.45. The van der Waals surface area contributed by atoms with Gasteiger partial charge in [0.2, 0.25) is 0 Å². The summed E-state index contributed by atoms with van der Waals surface area (Å²) in [6.07, 6.45) is 1.78. The van der Waals surface area contributed by atoms with Gasteiger partial charge < -0.3 is 9.30 Å². The number of ether oxygens (including phenoxy) is 1. The van der Waals surface area contributed by atoms with Crippen LogP contribution in [0.3, 0.4) is 0 Å². The van der Waals surface area contributed by atoms with Gasteiger partial charge in [0.05, 0.1) is 17.4 Å². The molecule has 0 saturated carbocycles. The number of methoxy groups -OCH3 is 1. The van der Waals surface area contributed by atoms with E-state index < -0.39 is 0 Å². The van der Waals surface area contributed by atoms with Crippen molar-refractivity contribution >= 4 is 43.4 Å². The van der Waals surface area contributed by atoms with Crippen LogP contribution in [0.2, 0.25) is 0 Å². The smallest absolute Gasteiger partial charge is 0.280 e. The summed E-state index contributed by atoms with van der Waals surface area (Å²) >= 11 is 4.85. The Morgan fingerprint density at radius 2 is 2.12 bits per heavy atom. The average molecular weight is 403 g/mol. The first-order valence-electron chi connectivity index (χ1n) is 7.26. The van der Waals surface area contributed by atoms with Crippen molar-refractivity contribution in [3.63, 3.8) is 0 Å². The molecular weight excluding hydrogens is 388 g/mol. The van der Waals surface area contributed by atoms with E-state index in [2.05, 4.69) is 27.5 Å². The van der Waals surface area contributed by atoms with Crippen molar-refractivity contribution in [3.8, 4) is 5.75 Å². The Morgan fingerprint density at radius 3 is 2.83 bits per heavy atom. The molecule has 122 valence electrons. The van der Waals surface area contributed by atoms with E-state index in [1.54, 1.807) is 19.3 Å². The van der Waals surface area contributed by atoms with E-state index in [4.69, 9.17) is 4.74 Å². The van der Waals surface area contributed by atoms with E-state index in [1.165, 1.54) is 11.3 Å². The molecule has 0 spiro atoms. The number of fused-ring (bicyclic) bond motifs is 1. The number of rotatable bonds is 4. The molecule has 0 unspecified atom stereocenters. The van der Waals surface area contributed by atoms with Gasteiger partial charge in [-0.1, -0.05) is 35.6 Å². The van der Waals surface area contributed by atoms with Crippen LogP contribution >= 0.6 is 27.3 Å². The van der Waals surface area contributed by atoms with Crippen LogP contribution < -0.4 is 9.54 Å². The predicted molar refractivity (Wildman–Crippen MR) is 101 cm³/mol. The molecule has 0 aliphatic heterocycles. The summed E-state index contributed by atoms with van der Waals surface area (Å²) in [4.78, 5) is 17.5. The van der Waals surface area contributed by atoms with Crippen LogP contribution in [0.5, 0.6) is 5.75 Å². The van der Waals surface area contributed by atoms with E-state index in [9.17, 15) is 4.79 Å². The first kappa shape index (κ1) is 16.7. The van der Waals surface area contributed by atoms with Crippen LogP contribution in [0.1, 0.15) is 10.4 Å². The molecule has 4 nitrogen and oxygen atoms in total. The number of amides is 1. The standard InChI is InChI=1S/C18H15BrN2O2S/c1-3-11-21-16-14(23-2)9-6-10-15(16)24-18(21)20-17(22)12-7-4-5-8-13(12)19/h3-10H,1,11H2,2H3. The zero-order valence-electron chi connectivity index (χ0n) is 13.0. The second kappa shape index (κ2) is 7.15. The third-order valence-electron chi connectivity index (χ3n) is 3.50. The second-order valence-corrected chi connectivity index (χ2v) is 6.85. The maximum Gasteiger partial charge on any atom is 0.280 e. The molecule has 0 atom stereocenters. The highest BCUT2D eigenvalue weighted by Crippen LogP contribution is 2.27. The van der Waals surface area contributed by atoms with Crippen molar-refractivity contribution in [2.45, 2.75) is 6.54 Å². The minimum absolute atomic E-state index is 0.286. The molecular formula is C18H15BrN2O2S. The molecule has 0 fully saturated rings. The van der Waals surface area contributed by atoms with Crippen molar-refractivity contribution in [1.29, 1.82) is 0 Å². The fourth-order valence-corrected chi connectivity index (χ4v) is 3.94. The number of carbonyl (C=O) groups is 1. The Kier molecular flexibility index (Phi) is 4.97. The number of para-hydroxylation sites is 1. The summed E-state index contributed by atoms with van der Waals surface area (Å²) in [5.74, 6) is 0.464. The lowest BCUT2D eigenvalue weighted by atomic mass is 10.2. The Hall–Kier alpha value is -2.18. The van der Waals surface area contributed by atoms with Crippen LogP contribution in [-0.4, -0.2) is 17.6 Å². The van der Waals surface area contributed by atoms with Crippen LogP contribution in [0.15, 0.2) is 64.6 Å². The van der Waals surface area contributed by atoms with Crippen LogP contribution in [0, 0.1) is 0 Å². The van der Waals surface area contributed by atoms with E-state index >= 15 is 0 Å². The van der Waals surface area contributed by atoms with Gasteiger partial charge in [0.25, 0.3) is 5.91 Å². The third kappa shape index (κ3) is 3.07. The number of benzene rings is 2. The summed E-state index contributed by atoms with van der Waals surface area (Å²) in [6, 6.07) is 13.1. The molecule has 0 bridgehead atoms. The van der Waals surface area contributed by atoms with Crippen LogP contribution in [-0.2, 0) is 6.54 Å². The van der Waals surface area contributed by atoms with E-state index in [0.29, 0.717) is 16.9 Å². The van der Waals surface area contributed by atoms with Crippen molar-refractivity contribution in [2.24, 2.45) is 4.99 Å². The largest absolute Gasteiger partial charge is 0.495 e. The number of thiazole rings is 1. The lowest BCUT2D eigenvalue weighted by Gasteiger charge is -2.06. The lowest BCUT2D eigenvalue weighted by Crippen LogP contribution is -2.16. The molecule has 6 heteroatoms. The monoisotopic (exact) mass is 402 g/mol. The van der Waals surface area contributed by atoms with E-state index in [-0.39, 0.29) is 5.91 Å². The van der Waals surface area contributed by atoms with Gasteiger partial charge in [-0.2, -0.15) is 4.99 Å². The van der Waals surface area contributed by atoms with Gasteiger partial charge in [0, 0.05) is 11.0 Å². The maximum atomic E-state index is 12.6. The number of aromatic nitrogens is 1. The highest BCUT2D eigenvalue weighted by atomic mass is 79.9. The van der Waals surface area contributed by atoms with Gasteiger partial charge in [-0.3, -0.25) is 4.79 Å². The molecule has 0 aliphatic rings. The highest BCUT2D eigenvalue weighted by molar-refractivity contribution is 9.10. The Bertz CT molecular complexity index is 988. The first-order chi connectivity index (χ1) is 11.7. The van der Waals surface area contributed by atoms with Gasteiger partial charge in [-0.25, -0.2) is 0 Å². The number of allylic oxidation sites excluding steroid dienone is 1. The Balaban J connectivity index is 2.22. The summed E-state index contributed by atoms with van der Waals surface area (Å²) in [6.45, 7) is 4.34. The van der Waals surface area contributed by atoms with Crippen molar-refractivity contribution < 1.29 is 9.53 Å².